The summed E-state index contributed by atoms with van der Waals surface area (Å²) in [5.74, 6) is -0.193. The maximum Gasteiger partial charge on any atom is 0.254 e. The number of carbonyl (C=O) groups is 1. The molecule has 0 aromatic heterocycles. The predicted octanol–water partition coefficient (Wildman–Crippen LogP) is 2.41. The molecule has 1 aliphatic rings. The van der Waals surface area contributed by atoms with Gasteiger partial charge in [0.25, 0.3) is 5.91 Å². The Morgan fingerprint density at radius 1 is 1.21 bits per heavy atom. The smallest absolute Gasteiger partial charge is 0.254 e. The quantitative estimate of drug-likeness (QED) is 0.887. The molecule has 3 atom stereocenters. The Labute approximate surface area is 142 Å². The molecule has 3 rings (SSSR count). The van der Waals surface area contributed by atoms with E-state index in [0.29, 0.717) is 13.0 Å². The summed E-state index contributed by atoms with van der Waals surface area (Å²) >= 11 is 0. The Balaban J connectivity index is 1.62. The van der Waals surface area contributed by atoms with Crippen LogP contribution in [0.2, 0.25) is 0 Å². The van der Waals surface area contributed by atoms with E-state index in [-0.39, 0.29) is 11.9 Å². The van der Waals surface area contributed by atoms with Gasteiger partial charge in [-0.3, -0.25) is 4.79 Å². The average molecular weight is 325 g/mol. The Bertz CT molecular complexity index is 686. The van der Waals surface area contributed by atoms with Gasteiger partial charge in [-0.15, -0.1) is 0 Å². The van der Waals surface area contributed by atoms with Gasteiger partial charge in [0, 0.05) is 6.42 Å². The van der Waals surface area contributed by atoms with Gasteiger partial charge in [0.15, 0.2) is 6.10 Å². The third-order valence-corrected chi connectivity index (χ3v) is 4.47. The van der Waals surface area contributed by atoms with Crippen LogP contribution >= 0.6 is 0 Å². The first-order valence-electron chi connectivity index (χ1n) is 8.37. The highest BCUT2D eigenvalue weighted by Crippen LogP contribution is 2.27. The molecule has 0 radical (unpaired) electrons. The van der Waals surface area contributed by atoms with Gasteiger partial charge in [0.1, 0.15) is 0 Å². The molecule has 0 aliphatic carbocycles. The Hall–Kier alpha value is -2.17. The standard InChI is InChI=1S/C20H23NO3/c1-14(18(22)13-15-7-3-2-4-8-15)21-20(23)19-17-10-6-5-9-16(17)11-12-24-19/h2-10,14,18-19,22H,11-13H2,1H3,(H,21,23). The molecule has 0 saturated heterocycles. The number of aliphatic hydroxyl groups excluding tert-OH is 1. The number of hydrogen-bond donors (Lipinski definition) is 2. The van der Waals surface area contributed by atoms with Crippen molar-refractivity contribution in [2.75, 3.05) is 6.61 Å². The molecule has 4 heteroatoms. The predicted molar refractivity (Wildman–Crippen MR) is 92.6 cm³/mol. The van der Waals surface area contributed by atoms with Gasteiger partial charge in [0.2, 0.25) is 0 Å². The molecular formula is C20H23NO3. The van der Waals surface area contributed by atoms with E-state index in [4.69, 9.17) is 4.74 Å². The maximum atomic E-state index is 12.6. The minimum Gasteiger partial charge on any atom is -0.391 e. The molecule has 1 amide bonds. The van der Waals surface area contributed by atoms with Crippen LogP contribution in [-0.2, 0) is 22.4 Å². The van der Waals surface area contributed by atoms with Gasteiger partial charge < -0.3 is 15.2 Å². The van der Waals surface area contributed by atoms with Crippen molar-refractivity contribution in [3.8, 4) is 0 Å². The number of nitrogens with one attached hydrogen (secondary N) is 1. The van der Waals surface area contributed by atoms with E-state index in [9.17, 15) is 9.90 Å². The van der Waals surface area contributed by atoms with Gasteiger partial charge in [0.05, 0.1) is 18.8 Å². The van der Waals surface area contributed by atoms with E-state index in [0.717, 1.165) is 23.1 Å². The Kier molecular flexibility index (Phi) is 5.28. The Morgan fingerprint density at radius 2 is 1.92 bits per heavy atom. The van der Waals surface area contributed by atoms with Crippen molar-refractivity contribution in [3.05, 3.63) is 71.3 Å². The van der Waals surface area contributed by atoms with Crippen LogP contribution in [0.15, 0.2) is 54.6 Å². The molecule has 2 N–H and O–H groups in total. The van der Waals surface area contributed by atoms with E-state index < -0.39 is 12.2 Å². The highest BCUT2D eigenvalue weighted by atomic mass is 16.5. The second kappa shape index (κ2) is 7.60. The van der Waals surface area contributed by atoms with Crippen molar-refractivity contribution in [1.82, 2.24) is 5.32 Å². The normalized spacial score (nSPS) is 19.2. The highest BCUT2D eigenvalue weighted by molar-refractivity contribution is 5.83. The lowest BCUT2D eigenvalue weighted by Crippen LogP contribution is -2.45. The number of rotatable bonds is 5. The fraction of sp³-hybridized carbons (Fsp3) is 0.350. The first-order valence-corrected chi connectivity index (χ1v) is 8.37. The summed E-state index contributed by atoms with van der Waals surface area (Å²) in [6, 6.07) is 17.3. The molecule has 2 aromatic carbocycles. The zero-order valence-corrected chi connectivity index (χ0v) is 13.8. The van der Waals surface area contributed by atoms with Crippen molar-refractivity contribution in [2.45, 2.75) is 38.0 Å². The zero-order valence-electron chi connectivity index (χ0n) is 13.8. The third-order valence-electron chi connectivity index (χ3n) is 4.47. The minimum absolute atomic E-state index is 0.193. The fourth-order valence-corrected chi connectivity index (χ4v) is 3.04. The summed E-state index contributed by atoms with van der Waals surface area (Å²) in [4.78, 5) is 12.6. The Morgan fingerprint density at radius 3 is 2.71 bits per heavy atom. The molecule has 0 spiro atoms. The number of aliphatic hydroxyl groups is 1. The van der Waals surface area contributed by atoms with Crippen molar-refractivity contribution in [2.24, 2.45) is 0 Å². The lowest BCUT2D eigenvalue weighted by molar-refractivity contribution is -0.135. The van der Waals surface area contributed by atoms with Crippen LogP contribution in [0.1, 0.15) is 29.7 Å². The summed E-state index contributed by atoms with van der Waals surface area (Å²) in [5.41, 5.74) is 3.12. The first kappa shape index (κ1) is 16.7. The summed E-state index contributed by atoms with van der Waals surface area (Å²) in [6.07, 6.45) is 0.0906. The largest absolute Gasteiger partial charge is 0.391 e. The van der Waals surface area contributed by atoms with E-state index >= 15 is 0 Å². The SMILES string of the molecule is CC(NC(=O)C1OCCc2ccccc21)C(O)Cc1ccccc1. The van der Waals surface area contributed by atoms with Gasteiger partial charge in [-0.1, -0.05) is 54.6 Å². The number of fused-ring (bicyclic) bond motifs is 1. The van der Waals surface area contributed by atoms with Crippen LogP contribution in [-0.4, -0.2) is 29.8 Å². The van der Waals surface area contributed by atoms with Crippen LogP contribution in [0.25, 0.3) is 0 Å². The van der Waals surface area contributed by atoms with E-state index in [1.165, 1.54) is 0 Å². The van der Waals surface area contributed by atoms with E-state index in [2.05, 4.69) is 5.32 Å². The van der Waals surface area contributed by atoms with Crippen LogP contribution < -0.4 is 5.32 Å². The van der Waals surface area contributed by atoms with Crippen LogP contribution in [0.3, 0.4) is 0 Å². The van der Waals surface area contributed by atoms with E-state index in [1.807, 2.05) is 61.5 Å². The minimum atomic E-state index is -0.643. The molecular weight excluding hydrogens is 302 g/mol. The molecule has 1 heterocycles. The highest BCUT2D eigenvalue weighted by Gasteiger charge is 2.29. The lowest BCUT2D eigenvalue weighted by atomic mass is 9.96. The third kappa shape index (κ3) is 3.83. The van der Waals surface area contributed by atoms with Crippen LogP contribution in [0.4, 0.5) is 0 Å². The molecule has 126 valence electrons. The molecule has 1 aliphatic heterocycles. The van der Waals surface area contributed by atoms with Crippen molar-refractivity contribution in [1.29, 1.82) is 0 Å². The monoisotopic (exact) mass is 325 g/mol. The second-order valence-electron chi connectivity index (χ2n) is 6.25. The summed E-state index contributed by atoms with van der Waals surface area (Å²) in [5, 5.41) is 13.3. The number of hydrogen-bond acceptors (Lipinski definition) is 3. The van der Waals surface area contributed by atoms with Crippen molar-refractivity contribution in [3.63, 3.8) is 0 Å². The maximum absolute atomic E-state index is 12.6. The first-order chi connectivity index (χ1) is 11.6. The number of benzene rings is 2. The molecule has 0 saturated carbocycles. The van der Waals surface area contributed by atoms with Crippen LogP contribution in [0, 0.1) is 0 Å². The number of amides is 1. The lowest BCUT2D eigenvalue weighted by Gasteiger charge is -2.28. The fourth-order valence-electron chi connectivity index (χ4n) is 3.04. The van der Waals surface area contributed by atoms with Crippen molar-refractivity contribution < 1.29 is 14.6 Å². The summed E-state index contributed by atoms with van der Waals surface area (Å²) < 4.78 is 5.67. The van der Waals surface area contributed by atoms with Crippen molar-refractivity contribution >= 4 is 5.91 Å². The number of ether oxygens (including phenoxy) is 1. The molecule has 24 heavy (non-hydrogen) atoms. The summed E-state index contributed by atoms with van der Waals surface area (Å²) in [6.45, 7) is 2.36. The van der Waals surface area contributed by atoms with Crippen LogP contribution in [0.5, 0.6) is 0 Å². The topological polar surface area (TPSA) is 58.6 Å². The molecule has 4 nitrogen and oxygen atoms in total. The molecule has 3 unspecified atom stereocenters. The van der Waals surface area contributed by atoms with Gasteiger partial charge in [-0.05, 0) is 30.0 Å². The zero-order chi connectivity index (χ0) is 16.9. The number of carbonyl (C=O) groups excluding carboxylic acids is 1. The molecule has 0 fully saturated rings. The molecule has 2 aromatic rings. The summed E-state index contributed by atoms with van der Waals surface area (Å²) in [7, 11) is 0. The van der Waals surface area contributed by atoms with Gasteiger partial charge in [-0.2, -0.15) is 0 Å². The molecule has 0 bridgehead atoms. The van der Waals surface area contributed by atoms with E-state index in [1.54, 1.807) is 0 Å². The van der Waals surface area contributed by atoms with Gasteiger partial charge in [-0.25, -0.2) is 0 Å². The van der Waals surface area contributed by atoms with Gasteiger partial charge >= 0.3 is 0 Å². The average Bonchev–Trinajstić information content (AvgIpc) is 2.62. The second-order valence-corrected chi connectivity index (χ2v) is 6.25.